The lowest BCUT2D eigenvalue weighted by Crippen LogP contribution is -2.13. The number of benzene rings is 1. The van der Waals surface area contributed by atoms with Crippen molar-refractivity contribution in [1.29, 1.82) is 0 Å². The van der Waals surface area contributed by atoms with Crippen molar-refractivity contribution in [3.05, 3.63) is 47.8 Å². The summed E-state index contributed by atoms with van der Waals surface area (Å²) in [6, 6.07) is 8.20. The zero-order valence-electron chi connectivity index (χ0n) is 19.2. The molecule has 0 N–H and O–H groups in total. The highest BCUT2D eigenvalue weighted by molar-refractivity contribution is 5.70. The number of unbranched alkanes of at least 4 members (excludes halogenated alkanes) is 4. The fourth-order valence-electron chi connectivity index (χ4n) is 3.31. The molecule has 0 spiro atoms. The second-order valence-electron chi connectivity index (χ2n) is 8.50. The predicted molar refractivity (Wildman–Crippen MR) is 123 cm³/mol. The molecule has 1 aromatic heterocycles. The van der Waals surface area contributed by atoms with Crippen LogP contribution in [0.25, 0.3) is 11.4 Å². The summed E-state index contributed by atoms with van der Waals surface area (Å²) >= 11 is 0. The van der Waals surface area contributed by atoms with E-state index in [-0.39, 0.29) is 11.9 Å². The van der Waals surface area contributed by atoms with Gasteiger partial charge in [0, 0.05) is 18.0 Å². The molecule has 0 radical (unpaired) electrons. The Kier molecular flexibility index (Phi) is 10.5. The van der Waals surface area contributed by atoms with Crippen LogP contribution in [0.4, 0.5) is 0 Å². The molecule has 0 aliphatic carbocycles. The Labute approximate surface area is 182 Å². The van der Waals surface area contributed by atoms with E-state index in [4.69, 9.17) is 4.74 Å². The van der Waals surface area contributed by atoms with Gasteiger partial charge in [-0.3, -0.25) is 4.79 Å². The summed E-state index contributed by atoms with van der Waals surface area (Å²) in [5, 5.41) is 0. The molecule has 0 saturated heterocycles. The molecule has 0 bridgehead atoms. The number of hydrogen-bond donors (Lipinski definition) is 0. The van der Waals surface area contributed by atoms with Gasteiger partial charge in [0.25, 0.3) is 0 Å². The lowest BCUT2D eigenvalue weighted by molar-refractivity contribution is -0.145. The highest BCUT2D eigenvalue weighted by Crippen LogP contribution is 2.23. The third-order valence-electron chi connectivity index (χ3n) is 5.71. The van der Waals surface area contributed by atoms with Crippen LogP contribution in [0.5, 0.6) is 0 Å². The Balaban J connectivity index is 1.85. The Hall–Kier alpha value is -2.23. The summed E-state index contributed by atoms with van der Waals surface area (Å²) in [5.41, 5.74) is 3.33. The van der Waals surface area contributed by atoms with Crippen molar-refractivity contribution in [3.8, 4) is 11.4 Å². The molecule has 2 unspecified atom stereocenters. The second-order valence-corrected chi connectivity index (χ2v) is 8.50. The quantitative estimate of drug-likeness (QED) is 0.271. The van der Waals surface area contributed by atoms with E-state index >= 15 is 0 Å². The van der Waals surface area contributed by atoms with Gasteiger partial charge in [-0.2, -0.15) is 0 Å². The minimum Gasteiger partial charge on any atom is -0.465 e. The van der Waals surface area contributed by atoms with Gasteiger partial charge in [0.05, 0.1) is 13.0 Å². The van der Waals surface area contributed by atoms with Crippen LogP contribution in [-0.2, 0) is 16.0 Å². The molecule has 0 aliphatic rings. The van der Waals surface area contributed by atoms with Crippen molar-refractivity contribution in [2.24, 2.45) is 5.92 Å². The SMILES string of the molecule is CCCCCCCc1cnc(-c2ccc(C(C)CC(=O)OCC(C)CC)cc2)nc1. The van der Waals surface area contributed by atoms with Crippen LogP contribution >= 0.6 is 0 Å². The van der Waals surface area contributed by atoms with Crippen LogP contribution in [0, 0.1) is 5.92 Å². The number of ether oxygens (including phenoxy) is 1. The van der Waals surface area contributed by atoms with Crippen molar-refractivity contribution in [1.82, 2.24) is 9.97 Å². The summed E-state index contributed by atoms with van der Waals surface area (Å²) in [7, 11) is 0. The van der Waals surface area contributed by atoms with E-state index in [0.717, 1.165) is 29.8 Å². The van der Waals surface area contributed by atoms with Crippen LogP contribution in [0.1, 0.15) is 89.7 Å². The lowest BCUT2D eigenvalue weighted by atomic mass is 9.96. The first kappa shape index (κ1) is 24.0. The Morgan fingerprint density at radius 2 is 1.63 bits per heavy atom. The van der Waals surface area contributed by atoms with E-state index in [1.807, 2.05) is 24.5 Å². The number of esters is 1. The molecule has 2 rings (SSSR count). The van der Waals surface area contributed by atoms with Gasteiger partial charge in [-0.25, -0.2) is 9.97 Å². The largest absolute Gasteiger partial charge is 0.465 e. The predicted octanol–water partition coefficient (Wildman–Crippen LogP) is 6.74. The minimum atomic E-state index is -0.125. The second kappa shape index (κ2) is 13.1. The Morgan fingerprint density at radius 1 is 0.967 bits per heavy atom. The number of aromatic nitrogens is 2. The first-order valence-corrected chi connectivity index (χ1v) is 11.6. The summed E-state index contributed by atoms with van der Waals surface area (Å²) in [4.78, 5) is 21.2. The molecule has 164 valence electrons. The molecular formula is C26H38N2O2. The normalized spacial score (nSPS) is 13.1. The van der Waals surface area contributed by atoms with Gasteiger partial charge in [0.2, 0.25) is 0 Å². The molecule has 0 saturated carbocycles. The Morgan fingerprint density at radius 3 is 2.27 bits per heavy atom. The smallest absolute Gasteiger partial charge is 0.306 e. The fourth-order valence-corrected chi connectivity index (χ4v) is 3.31. The number of aryl methyl sites for hydroxylation is 1. The van der Waals surface area contributed by atoms with Gasteiger partial charge in [0.1, 0.15) is 0 Å². The summed E-state index contributed by atoms with van der Waals surface area (Å²) in [5.74, 6) is 1.16. The highest BCUT2D eigenvalue weighted by atomic mass is 16.5. The molecule has 2 atom stereocenters. The van der Waals surface area contributed by atoms with Gasteiger partial charge in [-0.15, -0.1) is 0 Å². The molecule has 2 aromatic rings. The molecule has 0 aliphatic heterocycles. The van der Waals surface area contributed by atoms with Gasteiger partial charge in [0.15, 0.2) is 5.82 Å². The van der Waals surface area contributed by atoms with E-state index in [9.17, 15) is 4.79 Å². The maximum absolute atomic E-state index is 12.1. The van der Waals surface area contributed by atoms with Gasteiger partial charge in [-0.1, -0.05) is 84.1 Å². The van der Waals surface area contributed by atoms with Crippen molar-refractivity contribution in [2.75, 3.05) is 6.61 Å². The van der Waals surface area contributed by atoms with E-state index in [2.05, 4.69) is 49.8 Å². The zero-order valence-corrected chi connectivity index (χ0v) is 19.2. The lowest BCUT2D eigenvalue weighted by Gasteiger charge is -2.14. The topological polar surface area (TPSA) is 52.1 Å². The number of carbonyl (C=O) groups excluding carboxylic acids is 1. The number of nitrogens with zero attached hydrogens (tertiary/aromatic N) is 2. The van der Waals surface area contributed by atoms with E-state index in [0.29, 0.717) is 18.9 Å². The summed E-state index contributed by atoms with van der Waals surface area (Å²) < 4.78 is 5.38. The van der Waals surface area contributed by atoms with Crippen molar-refractivity contribution in [2.45, 2.75) is 85.0 Å². The van der Waals surface area contributed by atoms with Crippen molar-refractivity contribution >= 4 is 5.97 Å². The molecule has 0 amide bonds. The molecule has 4 nitrogen and oxygen atoms in total. The fraction of sp³-hybridized carbons (Fsp3) is 0.577. The maximum Gasteiger partial charge on any atom is 0.306 e. The molecule has 30 heavy (non-hydrogen) atoms. The van der Waals surface area contributed by atoms with Crippen LogP contribution in [-0.4, -0.2) is 22.5 Å². The minimum absolute atomic E-state index is 0.125. The van der Waals surface area contributed by atoms with Crippen molar-refractivity contribution in [3.63, 3.8) is 0 Å². The van der Waals surface area contributed by atoms with Crippen molar-refractivity contribution < 1.29 is 9.53 Å². The maximum atomic E-state index is 12.1. The third-order valence-corrected chi connectivity index (χ3v) is 5.71. The molecular weight excluding hydrogens is 372 g/mol. The first-order valence-electron chi connectivity index (χ1n) is 11.6. The van der Waals surface area contributed by atoms with Crippen LogP contribution in [0.2, 0.25) is 0 Å². The number of rotatable bonds is 13. The Bertz CT molecular complexity index is 741. The van der Waals surface area contributed by atoms with E-state index in [1.54, 1.807) is 0 Å². The van der Waals surface area contributed by atoms with E-state index < -0.39 is 0 Å². The van der Waals surface area contributed by atoms with Gasteiger partial charge < -0.3 is 4.74 Å². The number of hydrogen-bond acceptors (Lipinski definition) is 4. The third kappa shape index (κ3) is 8.25. The van der Waals surface area contributed by atoms with Crippen LogP contribution in [0.15, 0.2) is 36.7 Å². The van der Waals surface area contributed by atoms with Crippen LogP contribution < -0.4 is 0 Å². The summed E-state index contributed by atoms with van der Waals surface area (Å²) in [6.07, 6.45) is 12.8. The highest BCUT2D eigenvalue weighted by Gasteiger charge is 2.14. The average Bonchev–Trinajstić information content (AvgIpc) is 2.77. The first-order chi connectivity index (χ1) is 14.5. The molecule has 4 heteroatoms. The van der Waals surface area contributed by atoms with Crippen LogP contribution in [0.3, 0.4) is 0 Å². The zero-order chi connectivity index (χ0) is 21.8. The molecule has 1 heterocycles. The van der Waals surface area contributed by atoms with Gasteiger partial charge in [-0.05, 0) is 35.8 Å². The summed E-state index contributed by atoms with van der Waals surface area (Å²) in [6.45, 7) is 9.01. The molecule has 1 aromatic carbocycles. The average molecular weight is 411 g/mol. The van der Waals surface area contributed by atoms with E-state index in [1.165, 1.54) is 37.7 Å². The monoisotopic (exact) mass is 410 g/mol. The van der Waals surface area contributed by atoms with Gasteiger partial charge >= 0.3 is 5.97 Å². The molecule has 0 fully saturated rings. The number of carbonyl (C=O) groups is 1. The standard InChI is InChI=1S/C26H38N2O2/c1-5-7-8-9-10-11-22-17-27-26(28-18-22)24-14-12-23(13-15-24)21(4)16-25(29)30-19-20(3)6-2/h12-15,17-18,20-21H,5-11,16,19H2,1-4H3.